The Bertz CT molecular complexity index is 627. The molecule has 0 atom stereocenters. The fourth-order valence-electron chi connectivity index (χ4n) is 2.04. The molecule has 1 aromatic carbocycles. The van der Waals surface area contributed by atoms with Crippen LogP contribution in [0.2, 0.25) is 0 Å². The highest BCUT2D eigenvalue weighted by atomic mass is 32.1. The first-order valence-electron chi connectivity index (χ1n) is 7.15. The van der Waals surface area contributed by atoms with Crippen LogP contribution in [0.15, 0.2) is 41.8 Å². The zero-order chi connectivity index (χ0) is 16.7. The largest absolute Gasteiger partial charge is 0.416 e. The van der Waals surface area contributed by atoms with Gasteiger partial charge in [0, 0.05) is 18.0 Å². The maximum atomic E-state index is 12.6. The predicted octanol–water partition coefficient (Wildman–Crippen LogP) is 3.85. The third-order valence-electron chi connectivity index (χ3n) is 3.19. The number of amides is 2. The van der Waals surface area contributed by atoms with Crippen LogP contribution in [0.5, 0.6) is 0 Å². The minimum Gasteiger partial charge on any atom is -0.338 e. The van der Waals surface area contributed by atoms with Crippen molar-refractivity contribution in [2.45, 2.75) is 19.0 Å². The quantitative estimate of drug-likeness (QED) is 0.822. The third-order valence-corrected chi connectivity index (χ3v) is 4.13. The number of thiophene rings is 1. The number of benzene rings is 1. The molecule has 0 bridgehead atoms. The second kappa shape index (κ2) is 8.01. The van der Waals surface area contributed by atoms with Gasteiger partial charge in [-0.05, 0) is 35.9 Å². The Hall–Kier alpha value is -2.02. The van der Waals surface area contributed by atoms with E-state index < -0.39 is 11.7 Å². The molecule has 0 radical (unpaired) electrons. The molecule has 0 saturated carbocycles. The van der Waals surface area contributed by atoms with Crippen LogP contribution in [0.25, 0.3) is 0 Å². The van der Waals surface area contributed by atoms with Crippen molar-refractivity contribution in [1.29, 1.82) is 0 Å². The third kappa shape index (κ3) is 5.94. The smallest absolute Gasteiger partial charge is 0.338 e. The van der Waals surface area contributed by atoms with Crippen LogP contribution in [0.3, 0.4) is 0 Å². The molecule has 0 fully saturated rings. The average molecular weight is 342 g/mol. The van der Waals surface area contributed by atoms with Crippen molar-refractivity contribution in [2.75, 3.05) is 13.1 Å². The van der Waals surface area contributed by atoms with Gasteiger partial charge in [0.2, 0.25) is 0 Å². The highest BCUT2D eigenvalue weighted by Gasteiger charge is 2.30. The maximum Gasteiger partial charge on any atom is 0.416 e. The van der Waals surface area contributed by atoms with Crippen molar-refractivity contribution in [2.24, 2.45) is 0 Å². The van der Waals surface area contributed by atoms with Gasteiger partial charge < -0.3 is 10.6 Å². The van der Waals surface area contributed by atoms with Crippen molar-refractivity contribution in [3.63, 3.8) is 0 Å². The molecule has 2 N–H and O–H groups in total. The Morgan fingerprint density at radius 1 is 1.04 bits per heavy atom. The van der Waals surface area contributed by atoms with Crippen molar-refractivity contribution in [3.05, 3.63) is 57.8 Å². The topological polar surface area (TPSA) is 41.1 Å². The molecule has 0 aliphatic carbocycles. The lowest BCUT2D eigenvalue weighted by Gasteiger charge is -2.10. The first-order chi connectivity index (χ1) is 10.9. The maximum absolute atomic E-state index is 12.6. The van der Waals surface area contributed by atoms with Crippen LogP contribution in [0, 0.1) is 0 Å². The van der Waals surface area contributed by atoms with Crippen molar-refractivity contribution in [1.82, 2.24) is 10.6 Å². The molecule has 2 aromatic rings. The van der Waals surface area contributed by atoms with Gasteiger partial charge in [-0.3, -0.25) is 0 Å². The Kier molecular flexibility index (Phi) is 6.04. The van der Waals surface area contributed by atoms with Gasteiger partial charge in [-0.25, -0.2) is 4.79 Å². The molecule has 0 aliphatic heterocycles. The summed E-state index contributed by atoms with van der Waals surface area (Å²) < 4.78 is 37.8. The Morgan fingerprint density at radius 2 is 1.78 bits per heavy atom. The molecule has 7 heteroatoms. The SMILES string of the molecule is O=C(NCCc1cccc(C(F)(F)F)c1)NCCc1cccs1. The van der Waals surface area contributed by atoms with Gasteiger partial charge in [0.1, 0.15) is 0 Å². The van der Waals surface area contributed by atoms with Gasteiger partial charge in [-0.2, -0.15) is 13.2 Å². The lowest BCUT2D eigenvalue weighted by molar-refractivity contribution is -0.137. The van der Waals surface area contributed by atoms with Crippen LogP contribution in [-0.4, -0.2) is 19.1 Å². The fraction of sp³-hybridized carbons (Fsp3) is 0.312. The number of rotatable bonds is 6. The normalized spacial score (nSPS) is 11.3. The van der Waals surface area contributed by atoms with Crippen LogP contribution in [-0.2, 0) is 19.0 Å². The number of hydrogen-bond donors (Lipinski definition) is 2. The summed E-state index contributed by atoms with van der Waals surface area (Å²) in [5.74, 6) is 0. The van der Waals surface area contributed by atoms with Gasteiger partial charge in [-0.1, -0.05) is 24.3 Å². The second-order valence-electron chi connectivity index (χ2n) is 4.96. The molecule has 23 heavy (non-hydrogen) atoms. The van der Waals surface area contributed by atoms with Crippen molar-refractivity contribution >= 4 is 17.4 Å². The van der Waals surface area contributed by atoms with Gasteiger partial charge in [-0.15, -0.1) is 11.3 Å². The second-order valence-corrected chi connectivity index (χ2v) is 5.99. The van der Waals surface area contributed by atoms with Crippen molar-refractivity contribution in [3.8, 4) is 0 Å². The monoisotopic (exact) mass is 342 g/mol. The van der Waals surface area contributed by atoms with Crippen LogP contribution < -0.4 is 10.6 Å². The minimum atomic E-state index is -4.34. The summed E-state index contributed by atoms with van der Waals surface area (Å²) in [4.78, 5) is 12.8. The van der Waals surface area contributed by atoms with E-state index in [2.05, 4.69) is 10.6 Å². The number of hydrogen-bond acceptors (Lipinski definition) is 2. The molecule has 0 unspecified atom stereocenters. The summed E-state index contributed by atoms with van der Waals surface area (Å²) >= 11 is 1.63. The van der Waals surface area contributed by atoms with Gasteiger partial charge in [0.05, 0.1) is 5.56 Å². The van der Waals surface area contributed by atoms with E-state index in [1.54, 1.807) is 17.4 Å². The van der Waals surface area contributed by atoms with E-state index in [1.165, 1.54) is 10.9 Å². The predicted molar refractivity (Wildman–Crippen MR) is 84.6 cm³/mol. The standard InChI is InChI=1S/C16H17F3N2OS/c17-16(18,19)13-4-1-3-12(11-13)6-8-20-15(22)21-9-7-14-5-2-10-23-14/h1-5,10-11H,6-9H2,(H2,20,21,22). The van der Waals surface area contributed by atoms with Gasteiger partial charge in [0.25, 0.3) is 0 Å². The summed E-state index contributed by atoms with van der Waals surface area (Å²) in [5.41, 5.74) is -0.130. The molecule has 124 valence electrons. The first kappa shape index (κ1) is 17.3. The molecule has 0 spiro atoms. The number of halogens is 3. The molecule has 0 saturated heterocycles. The van der Waals surface area contributed by atoms with Crippen LogP contribution in [0.1, 0.15) is 16.0 Å². The lowest BCUT2D eigenvalue weighted by Crippen LogP contribution is -2.37. The number of urea groups is 1. The van der Waals surface area contributed by atoms with E-state index in [-0.39, 0.29) is 12.6 Å². The molecule has 1 heterocycles. The van der Waals surface area contributed by atoms with Crippen LogP contribution >= 0.6 is 11.3 Å². The Morgan fingerprint density at radius 3 is 2.43 bits per heavy atom. The number of nitrogens with one attached hydrogen (secondary N) is 2. The summed E-state index contributed by atoms with van der Waals surface area (Å²) in [6, 6.07) is 8.77. The number of alkyl halides is 3. The van der Waals surface area contributed by atoms with E-state index in [0.717, 1.165) is 18.6 Å². The number of carbonyl (C=O) groups is 1. The van der Waals surface area contributed by atoms with Gasteiger partial charge in [0.15, 0.2) is 0 Å². The van der Waals surface area contributed by atoms with E-state index >= 15 is 0 Å². The number of carbonyl (C=O) groups excluding carboxylic acids is 1. The summed E-state index contributed by atoms with van der Waals surface area (Å²) in [6.45, 7) is 0.808. The molecule has 3 nitrogen and oxygen atoms in total. The first-order valence-corrected chi connectivity index (χ1v) is 8.03. The summed E-state index contributed by atoms with van der Waals surface area (Å²) in [6.07, 6.45) is -3.23. The average Bonchev–Trinajstić information content (AvgIpc) is 3.00. The molecule has 1 aromatic heterocycles. The fourth-order valence-corrected chi connectivity index (χ4v) is 2.75. The summed E-state index contributed by atoms with van der Waals surface area (Å²) in [5, 5.41) is 7.34. The minimum absolute atomic E-state index is 0.284. The zero-order valence-electron chi connectivity index (χ0n) is 12.3. The highest BCUT2D eigenvalue weighted by molar-refractivity contribution is 7.09. The Balaban J connectivity index is 1.69. The van der Waals surface area contributed by atoms with E-state index in [9.17, 15) is 18.0 Å². The van der Waals surface area contributed by atoms with E-state index in [0.29, 0.717) is 18.5 Å². The highest BCUT2D eigenvalue weighted by Crippen LogP contribution is 2.29. The lowest BCUT2D eigenvalue weighted by atomic mass is 10.1. The zero-order valence-corrected chi connectivity index (χ0v) is 13.1. The van der Waals surface area contributed by atoms with Crippen molar-refractivity contribution < 1.29 is 18.0 Å². The van der Waals surface area contributed by atoms with Gasteiger partial charge >= 0.3 is 12.2 Å². The summed E-state index contributed by atoms with van der Waals surface area (Å²) in [7, 11) is 0. The van der Waals surface area contributed by atoms with Crippen LogP contribution in [0.4, 0.5) is 18.0 Å². The molecule has 0 aliphatic rings. The molecular formula is C16H17F3N2OS. The van der Waals surface area contributed by atoms with E-state index in [4.69, 9.17) is 0 Å². The Labute approximate surface area is 136 Å². The van der Waals surface area contributed by atoms with E-state index in [1.807, 2.05) is 17.5 Å². The molecule has 2 rings (SSSR count). The molecule has 2 amide bonds. The molecular weight excluding hydrogens is 325 g/mol.